The number of hydrogen-bond acceptors (Lipinski definition) is 1. The molecule has 2 heteroatoms. The van der Waals surface area contributed by atoms with E-state index < -0.39 is 0 Å². The largest absolute Gasteiger partial charge is 0.303 e. The van der Waals surface area contributed by atoms with E-state index in [-0.39, 0.29) is 6.67 Å². The molecule has 0 bridgehead atoms. The Kier molecular flexibility index (Phi) is 5.37. The fraction of sp³-hybridized carbons (Fsp3) is 1.00. The third-order valence-corrected chi connectivity index (χ3v) is 3.14. The van der Waals surface area contributed by atoms with E-state index >= 15 is 0 Å². The van der Waals surface area contributed by atoms with Gasteiger partial charge in [-0.3, -0.25) is 4.39 Å². The van der Waals surface area contributed by atoms with Gasteiger partial charge >= 0.3 is 0 Å². The highest BCUT2D eigenvalue weighted by atomic mass is 19.1. The molecule has 0 amide bonds. The molecular formula is C11H22FN. The molecule has 0 saturated carbocycles. The Morgan fingerprint density at radius 2 is 1.92 bits per heavy atom. The summed E-state index contributed by atoms with van der Waals surface area (Å²) in [6.07, 6.45) is 5.82. The van der Waals surface area contributed by atoms with Crippen molar-refractivity contribution in [3.8, 4) is 0 Å². The number of alkyl halides is 1. The molecule has 0 aromatic heterocycles. The standard InChI is InChI=1S/C11H22FN/c1-2-11-5-9-13(10-6-11)8-4-3-7-12/h11H,2-10H2,1H3. The number of unbranched alkanes of at least 4 members (excludes halogenated alkanes) is 1. The number of nitrogens with zero attached hydrogens (tertiary/aromatic N) is 1. The molecule has 0 unspecified atom stereocenters. The van der Waals surface area contributed by atoms with Gasteiger partial charge < -0.3 is 4.90 Å². The minimum atomic E-state index is -0.147. The molecule has 0 radical (unpaired) electrons. The maximum Gasteiger partial charge on any atom is 0.0894 e. The van der Waals surface area contributed by atoms with Crippen LogP contribution >= 0.6 is 0 Å². The van der Waals surface area contributed by atoms with Crippen molar-refractivity contribution in [3.63, 3.8) is 0 Å². The van der Waals surface area contributed by atoms with E-state index in [9.17, 15) is 4.39 Å². The highest BCUT2D eigenvalue weighted by molar-refractivity contribution is 4.70. The molecule has 1 nitrogen and oxygen atoms in total. The second kappa shape index (κ2) is 6.36. The predicted molar refractivity (Wildman–Crippen MR) is 54.7 cm³/mol. The monoisotopic (exact) mass is 187 g/mol. The van der Waals surface area contributed by atoms with Gasteiger partial charge in [0.2, 0.25) is 0 Å². The predicted octanol–water partition coefficient (Wildman–Crippen LogP) is 2.86. The van der Waals surface area contributed by atoms with Crippen LogP contribution < -0.4 is 0 Å². The second-order valence-corrected chi connectivity index (χ2v) is 4.09. The Morgan fingerprint density at radius 3 is 2.46 bits per heavy atom. The van der Waals surface area contributed by atoms with E-state index in [0.29, 0.717) is 0 Å². The Balaban J connectivity index is 2.03. The second-order valence-electron chi connectivity index (χ2n) is 4.09. The maximum absolute atomic E-state index is 11.8. The molecule has 0 aliphatic carbocycles. The SMILES string of the molecule is CCC1CCN(CCCCF)CC1. The van der Waals surface area contributed by atoms with Crippen LogP contribution in [-0.4, -0.2) is 31.2 Å². The van der Waals surface area contributed by atoms with Crippen molar-refractivity contribution in [1.29, 1.82) is 0 Å². The summed E-state index contributed by atoms with van der Waals surface area (Å²) < 4.78 is 11.8. The van der Waals surface area contributed by atoms with Gasteiger partial charge in [-0.15, -0.1) is 0 Å². The van der Waals surface area contributed by atoms with E-state index in [0.717, 1.165) is 25.3 Å². The summed E-state index contributed by atoms with van der Waals surface area (Å²) in [5.41, 5.74) is 0. The van der Waals surface area contributed by atoms with Crippen LogP contribution in [0, 0.1) is 5.92 Å². The van der Waals surface area contributed by atoms with Gasteiger partial charge in [-0.2, -0.15) is 0 Å². The van der Waals surface area contributed by atoms with Crippen LogP contribution in [0.4, 0.5) is 4.39 Å². The van der Waals surface area contributed by atoms with Crippen LogP contribution in [0.2, 0.25) is 0 Å². The lowest BCUT2D eigenvalue weighted by Crippen LogP contribution is -2.34. The van der Waals surface area contributed by atoms with Gasteiger partial charge in [-0.25, -0.2) is 0 Å². The average Bonchev–Trinajstić information content (AvgIpc) is 2.19. The zero-order valence-electron chi connectivity index (χ0n) is 8.77. The number of halogens is 1. The van der Waals surface area contributed by atoms with Crippen LogP contribution in [0.3, 0.4) is 0 Å². The first-order valence-electron chi connectivity index (χ1n) is 5.65. The van der Waals surface area contributed by atoms with Crippen molar-refractivity contribution in [1.82, 2.24) is 4.90 Å². The molecule has 1 fully saturated rings. The highest BCUT2D eigenvalue weighted by Gasteiger charge is 2.16. The van der Waals surface area contributed by atoms with E-state index in [1.54, 1.807) is 0 Å². The maximum atomic E-state index is 11.8. The molecule has 1 saturated heterocycles. The summed E-state index contributed by atoms with van der Waals surface area (Å²) in [4.78, 5) is 2.49. The molecule has 0 spiro atoms. The van der Waals surface area contributed by atoms with Gasteiger partial charge in [0, 0.05) is 0 Å². The minimum Gasteiger partial charge on any atom is -0.303 e. The van der Waals surface area contributed by atoms with Crippen LogP contribution in [-0.2, 0) is 0 Å². The third kappa shape index (κ3) is 4.08. The summed E-state index contributed by atoms with van der Waals surface area (Å²) in [7, 11) is 0. The fourth-order valence-corrected chi connectivity index (χ4v) is 2.05. The molecule has 0 aromatic carbocycles. The van der Waals surface area contributed by atoms with Crippen molar-refractivity contribution in [2.45, 2.75) is 39.0 Å². The highest BCUT2D eigenvalue weighted by Crippen LogP contribution is 2.19. The molecule has 0 atom stereocenters. The summed E-state index contributed by atoms with van der Waals surface area (Å²) >= 11 is 0. The van der Waals surface area contributed by atoms with E-state index in [4.69, 9.17) is 0 Å². The molecule has 78 valence electrons. The van der Waals surface area contributed by atoms with Gasteiger partial charge in [0.15, 0.2) is 0 Å². The summed E-state index contributed by atoms with van der Waals surface area (Å²) in [5.74, 6) is 0.956. The van der Waals surface area contributed by atoms with Crippen molar-refractivity contribution in [2.75, 3.05) is 26.3 Å². The fourth-order valence-electron chi connectivity index (χ4n) is 2.05. The Hall–Kier alpha value is -0.110. The van der Waals surface area contributed by atoms with Crippen LogP contribution in [0.15, 0.2) is 0 Å². The van der Waals surface area contributed by atoms with Gasteiger partial charge in [-0.05, 0) is 51.2 Å². The number of hydrogen-bond donors (Lipinski definition) is 0. The molecule has 1 aliphatic heterocycles. The summed E-state index contributed by atoms with van der Waals surface area (Å²) in [6.45, 7) is 5.73. The lowest BCUT2D eigenvalue weighted by molar-refractivity contribution is 0.178. The molecule has 1 aliphatic rings. The Morgan fingerprint density at radius 1 is 1.23 bits per heavy atom. The van der Waals surface area contributed by atoms with Crippen molar-refractivity contribution >= 4 is 0 Å². The van der Waals surface area contributed by atoms with Crippen molar-refractivity contribution in [3.05, 3.63) is 0 Å². The molecule has 13 heavy (non-hydrogen) atoms. The normalized spacial score (nSPS) is 20.8. The molecular weight excluding hydrogens is 165 g/mol. The first-order valence-corrected chi connectivity index (χ1v) is 5.65. The van der Waals surface area contributed by atoms with Gasteiger partial charge in [0.1, 0.15) is 0 Å². The molecule has 0 N–H and O–H groups in total. The van der Waals surface area contributed by atoms with Gasteiger partial charge in [-0.1, -0.05) is 13.3 Å². The van der Waals surface area contributed by atoms with Gasteiger partial charge in [0.25, 0.3) is 0 Å². The third-order valence-electron chi connectivity index (χ3n) is 3.14. The summed E-state index contributed by atoms with van der Waals surface area (Å²) in [5, 5.41) is 0. The first-order chi connectivity index (χ1) is 6.36. The zero-order chi connectivity index (χ0) is 9.52. The lowest BCUT2D eigenvalue weighted by atomic mass is 9.94. The average molecular weight is 187 g/mol. The van der Waals surface area contributed by atoms with Crippen LogP contribution in [0.5, 0.6) is 0 Å². The van der Waals surface area contributed by atoms with Crippen LogP contribution in [0.25, 0.3) is 0 Å². The minimum absolute atomic E-state index is 0.147. The Labute approximate surface area is 81.3 Å². The van der Waals surface area contributed by atoms with E-state index in [2.05, 4.69) is 11.8 Å². The molecule has 0 aromatic rings. The lowest BCUT2D eigenvalue weighted by Gasteiger charge is -2.31. The van der Waals surface area contributed by atoms with Crippen molar-refractivity contribution < 1.29 is 4.39 Å². The first kappa shape index (κ1) is 11.0. The number of piperidine rings is 1. The summed E-state index contributed by atoms with van der Waals surface area (Å²) in [6, 6.07) is 0. The molecule has 1 heterocycles. The quantitative estimate of drug-likeness (QED) is 0.598. The van der Waals surface area contributed by atoms with E-state index in [1.807, 2.05) is 0 Å². The molecule has 1 rings (SSSR count). The van der Waals surface area contributed by atoms with Crippen LogP contribution in [0.1, 0.15) is 39.0 Å². The van der Waals surface area contributed by atoms with Crippen molar-refractivity contribution in [2.24, 2.45) is 5.92 Å². The Bertz CT molecular complexity index is 117. The number of rotatable bonds is 5. The van der Waals surface area contributed by atoms with Gasteiger partial charge in [0.05, 0.1) is 6.67 Å². The number of likely N-dealkylation sites (tertiary alicyclic amines) is 1. The van der Waals surface area contributed by atoms with E-state index in [1.165, 1.54) is 32.4 Å². The zero-order valence-corrected chi connectivity index (χ0v) is 8.77. The topological polar surface area (TPSA) is 3.24 Å². The smallest absolute Gasteiger partial charge is 0.0894 e.